The molecule has 4 aromatic rings. The number of amides is 1. The molecule has 2 heterocycles. The van der Waals surface area contributed by atoms with Gasteiger partial charge < -0.3 is 4.74 Å². The number of aromatic nitrogens is 2. The number of esters is 1. The maximum absolute atomic E-state index is 12.2. The molecule has 0 aliphatic heterocycles. The fourth-order valence-corrected chi connectivity index (χ4v) is 4.55. The van der Waals surface area contributed by atoms with Crippen molar-refractivity contribution in [2.24, 2.45) is 0 Å². The number of fused-ring (bicyclic) bond motifs is 2. The van der Waals surface area contributed by atoms with Gasteiger partial charge in [-0.15, -0.1) is 11.3 Å². The Kier molecular flexibility index (Phi) is 4.59. The molecule has 0 saturated carbocycles. The molecular weight excluding hydrogens is 382 g/mol. The summed E-state index contributed by atoms with van der Waals surface area (Å²) in [6.45, 7) is 3.64. The van der Waals surface area contributed by atoms with E-state index in [1.54, 1.807) is 23.7 Å². The van der Waals surface area contributed by atoms with Gasteiger partial charge in [-0.2, -0.15) is 0 Å². The van der Waals surface area contributed by atoms with Crippen LogP contribution in [-0.4, -0.2) is 28.5 Å². The van der Waals surface area contributed by atoms with Crippen LogP contribution in [0.4, 0.5) is 5.13 Å². The summed E-state index contributed by atoms with van der Waals surface area (Å²) in [5.41, 5.74) is 6.02. The second kappa shape index (κ2) is 7.05. The number of benzene rings is 2. The minimum Gasteiger partial charge on any atom is -0.452 e. The van der Waals surface area contributed by atoms with Gasteiger partial charge in [0.15, 0.2) is 11.7 Å². The summed E-state index contributed by atoms with van der Waals surface area (Å²) in [6.07, 6.45) is 0. The summed E-state index contributed by atoms with van der Waals surface area (Å²) in [5.74, 6) is -0.966. The van der Waals surface area contributed by atoms with Gasteiger partial charge in [0.1, 0.15) is 0 Å². The van der Waals surface area contributed by atoms with E-state index in [9.17, 15) is 9.59 Å². The number of nitrogens with zero attached hydrogens (tertiary/aromatic N) is 2. The van der Waals surface area contributed by atoms with E-state index in [4.69, 9.17) is 4.74 Å². The van der Waals surface area contributed by atoms with Crippen LogP contribution in [0.25, 0.3) is 20.4 Å². The summed E-state index contributed by atoms with van der Waals surface area (Å²) in [5, 5.41) is 3.19. The predicted octanol–water partition coefficient (Wildman–Crippen LogP) is 4.32. The monoisotopic (exact) mass is 397 g/mol. The first-order chi connectivity index (χ1) is 13.0. The summed E-state index contributed by atoms with van der Waals surface area (Å²) in [4.78, 5) is 32.9. The zero-order valence-electron chi connectivity index (χ0n) is 14.6. The molecule has 2 aromatic carbocycles. The maximum atomic E-state index is 12.2. The van der Waals surface area contributed by atoms with Crippen LogP contribution in [0.3, 0.4) is 0 Å². The Labute approximate surface area is 162 Å². The van der Waals surface area contributed by atoms with Crippen molar-refractivity contribution < 1.29 is 14.3 Å². The zero-order chi connectivity index (χ0) is 19.0. The summed E-state index contributed by atoms with van der Waals surface area (Å²) in [7, 11) is 0. The number of rotatable bonds is 4. The van der Waals surface area contributed by atoms with E-state index in [0.717, 1.165) is 31.6 Å². The number of carbonyl (C=O) groups excluding carboxylic acids is 2. The molecule has 0 radical (unpaired) electrons. The highest BCUT2D eigenvalue weighted by molar-refractivity contribution is 7.22. The van der Waals surface area contributed by atoms with Gasteiger partial charge in [-0.1, -0.05) is 17.4 Å². The first-order valence-electron chi connectivity index (χ1n) is 8.17. The quantitative estimate of drug-likeness (QED) is 0.519. The fraction of sp³-hybridized carbons (Fsp3) is 0.158. The van der Waals surface area contributed by atoms with E-state index < -0.39 is 11.9 Å². The summed E-state index contributed by atoms with van der Waals surface area (Å²) in [6, 6.07) is 9.20. The number of ether oxygens (including phenoxy) is 1. The van der Waals surface area contributed by atoms with Crippen LogP contribution in [0.2, 0.25) is 0 Å². The predicted molar refractivity (Wildman–Crippen MR) is 108 cm³/mol. The lowest BCUT2D eigenvalue weighted by molar-refractivity contribution is -0.119. The minimum absolute atomic E-state index is 0.368. The standard InChI is InChI=1S/C19H15N3O3S2/c1-10-5-11(2)17-15(6-10)27-19(22-17)21-16(23)8-25-18(24)12-3-4-13-14(7-12)26-9-20-13/h3-7,9H,8H2,1-2H3,(H,21,22,23). The molecule has 6 nitrogen and oxygen atoms in total. The van der Waals surface area contributed by atoms with Crippen molar-refractivity contribution in [1.29, 1.82) is 0 Å². The SMILES string of the molecule is Cc1cc(C)c2nc(NC(=O)COC(=O)c3ccc4ncsc4c3)sc2c1. The summed E-state index contributed by atoms with van der Waals surface area (Å²) >= 11 is 2.84. The number of aryl methyl sites for hydroxylation is 2. The van der Waals surface area contributed by atoms with Gasteiger partial charge in [-0.3, -0.25) is 10.1 Å². The number of nitrogens with one attached hydrogen (secondary N) is 1. The van der Waals surface area contributed by atoms with Crippen LogP contribution in [0.15, 0.2) is 35.8 Å². The molecule has 0 spiro atoms. The zero-order valence-corrected chi connectivity index (χ0v) is 16.2. The lowest BCUT2D eigenvalue weighted by Gasteiger charge is -2.04. The van der Waals surface area contributed by atoms with Gasteiger partial charge in [-0.05, 0) is 49.2 Å². The number of hydrogen-bond donors (Lipinski definition) is 1. The van der Waals surface area contributed by atoms with Crippen LogP contribution in [0, 0.1) is 13.8 Å². The van der Waals surface area contributed by atoms with Gasteiger partial charge in [0, 0.05) is 0 Å². The molecule has 1 N–H and O–H groups in total. The average Bonchev–Trinajstić information content (AvgIpc) is 3.25. The molecule has 4 rings (SSSR count). The second-order valence-electron chi connectivity index (χ2n) is 6.11. The smallest absolute Gasteiger partial charge is 0.338 e. The molecule has 27 heavy (non-hydrogen) atoms. The Balaban J connectivity index is 1.40. The number of carbonyl (C=O) groups is 2. The Morgan fingerprint density at radius 2 is 2.00 bits per heavy atom. The third-order valence-corrected chi connectivity index (χ3v) is 5.69. The summed E-state index contributed by atoms with van der Waals surface area (Å²) < 4.78 is 7.02. The third kappa shape index (κ3) is 3.67. The molecule has 8 heteroatoms. The number of thiazole rings is 2. The molecule has 1 amide bonds. The molecule has 0 bridgehead atoms. The van der Waals surface area contributed by atoms with Crippen LogP contribution in [0.5, 0.6) is 0 Å². The van der Waals surface area contributed by atoms with Gasteiger partial charge in [0.25, 0.3) is 5.91 Å². The van der Waals surface area contributed by atoms with Crippen LogP contribution >= 0.6 is 22.7 Å². The average molecular weight is 397 g/mol. The normalized spacial score (nSPS) is 11.0. The molecule has 0 aliphatic carbocycles. The van der Waals surface area contributed by atoms with Gasteiger partial charge in [0.05, 0.1) is 31.5 Å². The third-order valence-electron chi connectivity index (χ3n) is 3.98. The molecular formula is C19H15N3O3S2. The molecule has 136 valence electrons. The number of hydrogen-bond acceptors (Lipinski definition) is 7. The minimum atomic E-state index is -0.545. The fourth-order valence-electron chi connectivity index (χ4n) is 2.78. The highest BCUT2D eigenvalue weighted by Crippen LogP contribution is 2.29. The van der Waals surface area contributed by atoms with E-state index in [2.05, 4.69) is 21.4 Å². The second-order valence-corrected chi connectivity index (χ2v) is 8.02. The van der Waals surface area contributed by atoms with Crippen molar-refractivity contribution in [3.05, 3.63) is 52.5 Å². The number of anilines is 1. The van der Waals surface area contributed by atoms with E-state index >= 15 is 0 Å². The lowest BCUT2D eigenvalue weighted by atomic mass is 10.1. The van der Waals surface area contributed by atoms with E-state index in [1.807, 2.05) is 19.9 Å². The lowest BCUT2D eigenvalue weighted by Crippen LogP contribution is -2.20. The molecule has 0 saturated heterocycles. The van der Waals surface area contributed by atoms with Gasteiger partial charge in [0.2, 0.25) is 0 Å². The highest BCUT2D eigenvalue weighted by atomic mass is 32.1. The van der Waals surface area contributed by atoms with E-state index in [-0.39, 0.29) is 6.61 Å². The maximum Gasteiger partial charge on any atom is 0.338 e. The van der Waals surface area contributed by atoms with Crippen molar-refractivity contribution in [1.82, 2.24) is 9.97 Å². The Hall–Kier alpha value is -2.84. The van der Waals surface area contributed by atoms with Crippen molar-refractivity contribution in [3.63, 3.8) is 0 Å². The highest BCUT2D eigenvalue weighted by Gasteiger charge is 2.14. The topological polar surface area (TPSA) is 81.2 Å². The van der Waals surface area contributed by atoms with E-state index in [0.29, 0.717) is 10.7 Å². The van der Waals surface area contributed by atoms with Crippen molar-refractivity contribution in [3.8, 4) is 0 Å². The largest absolute Gasteiger partial charge is 0.452 e. The van der Waals surface area contributed by atoms with Gasteiger partial charge >= 0.3 is 5.97 Å². The van der Waals surface area contributed by atoms with Crippen LogP contribution in [-0.2, 0) is 9.53 Å². The Morgan fingerprint density at radius 1 is 1.15 bits per heavy atom. The first kappa shape index (κ1) is 17.6. The van der Waals surface area contributed by atoms with Crippen molar-refractivity contribution in [2.45, 2.75) is 13.8 Å². The molecule has 0 unspecified atom stereocenters. The van der Waals surface area contributed by atoms with Crippen LogP contribution in [0.1, 0.15) is 21.5 Å². The molecule has 0 fully saturated rings. The Morgan fingerprint density at radius 3 is 2.85 bits per heavy atom. The van der Waals surface area contributed by atoms with Crippen molar-refractivity contribution in [2.75, 3.05) is 11.9 Å². The van der Waals surface area contributed by atoms with Gasteiger partial charge in [-0.25, -0.2) is 14.8 Å². The first-order valence-corrected chi connectivity index (χ1v) is 9.87. The molecule has 2 aromatic heterocycles. The molecule has 0 aliphatic rings. The van der Waals surface area contributed by atoms with Crippen molar-refractivity contribution >= 4 is 60.1 Å². The Bertz CT molecular complexity index is 1180. The van der Waals surface area contributed by atoms with Crippen LogP contribution < -0.4 is 5.32 Å². The van der Waals surface area contributed by atoms with E-state index in [1.165, 1.54) is 22.7 Å². The molecule has 0 atom stereocenters.